The normalized spacial score (nSPS) is 17.1. The second kappa shape index (κ2) is 8.32. The molecule has 0 fully saturated rings. The van der Waals surface area contributed by atoms with Crippen molar-refractivity contribution >= 4 is 45.7 Å². The molecule has 2 heterocycles. The maximum atomic E-state index is 13.7. The smallest absolute Gasteiger partial charge is 0.271 e. The molecule has 4 aromatic rings. The highest BCUT2D eigenvalue weighted by Gasteiger charge is 2.32. The van der Waals surface area contributed by atoms with Crippen molar-refractivity contribution in [1.82, 2.24) is 4.57 Å². The molecule has 1 N–H and O–H groups in total. The van der Waals surface area contributed by atoms with Crippen LogP contribution in [0.2, 0.25) is 0 Å². The summed E-state index contributed by atoms with van der Waals surface area (Å²) < 4.78 is 16.8. The van der Waals surface area contributed by atoms with E-state index in [1.807, 2.05) is 24.3 Å². The number of hydrogen-bond acceptors (Lipinski definition) is 4. The van der Waals surface area contributed by atoms with Gasteiger partial charge in [0.1, 0.15) is 11.6 Å². The molecule has 168 valence electrons. The average Bonchev–Trinajstić information content (AvgIpc) is 3.15. The van der Waals surface area contributed by atoms with Crippen LogP contribution >= 0.6 is 33.9 Å². The van der Waals surface area contributed by atoms with E-state index in [-0.39, 0.29) is 23.2 Å². The van der Waals surface area contributed by atoms with Crippen LogP contribution in [0.4, 0.5) is 4.39 Å². The molecule has 2 aliphatic rings. The highest BCUT2D eigenvalue weighted by molar-refractivity contribution is 14.1. The molecule has 1 atom stereocenters. The van der Waals surface area contributed by atoms with Crippen molar-refractivity contribution in [3.05, 3.63) is 124 Å². The molecule has 1 unspecified atom stereocenters. The summed E-state index contributed by atoms with van der Waals surface area (Å²) in [4.78, 5) is 19.3. The van der Waals surface area contributed by atoms with Crippen LogP contribution in [0, 0.1) is 9.39 Å². The van der Waals surface area contributed by atoms with Crippen molar-refractivity contribution in [2.45, 2.75) is 18.9 Å². The third-order valence-corrected chi connectivity index (χ3v) is 8.18. The van der Waals surface area contributed by atoms with Gasteiger partial charge in [-0.3, -0.25) is 9.36 Å². The second-order valence-corrected chi connectivity index (χ2v) is 10.5. The molecule has 1 aromatic heterocycles. The Morgan fingerprint density at radius 3 is 2.68 bits per heavy atom. The van der Waals surface area contributed by atoms with Crippen LogP contribution in [0.25, 0.3) is 11.8 Å². The maximum absolute atomic E-state index is 13.7. The first-order valence-corrected chi connectivity index (χ1v) is 12.8. The summed E-state index contributed by atoms with van der Waals surface area (Å²) in [6, 6.07) is 19.6. The number of nitrogens with zero attached hydrogens (tertiary/aromatic N) is 2. The first-order valence-electron chi connectivity index (χ1n) is 10.9. The number of aromatic nitrogens is 1. The minimum atomic E-state index is -0.331. The summed E-state index contributed by atoms with van der Waals surface area (Å²) in [5, 5.41) is 9.84. The Morgan fingerprint density at radius 2 is 1.88 bits per heavy atom. The number of thiazole rings is 1. The van der Waals surface area contributed by atoms with E-state index < -0.39 is 0 Å². The van der Waals surface area contributed by atoms with Crippen molar-refractivity contribution in [3.63, 3.8) is 0 Å². The molecule has 0 saturated carbocycles. The minimum Gasteiger partial charge on any atom is -0.507 e. The van der Waals surface area contributed by atoms with Crippen LogP contribution in [0.3, 0.4) is 0 Å². The predicted octanol–water partition coefficient (Wildman–Crippen LogP) is 4.77. The summed E-state index contributed by atoms with van der Waals surface area (Å²) >= 11 is 3.42. The van der Waals surface area contributed by atoms with Gasteiger partial charge in [0.15, 0.2) is 4.80 Å². The summed E-state index contributed by atoms with van der Waals surface area (Å²) in [6.45, 7) is 0. The number of allylic oxidation sites excluding steroid dienone is 1. The summed E-state index contributed by atoms with van der Waals surface area (Å²) in [6.07, 6.45) is 3.50. The standard InChI is InChI=1S/C27H18FIN2O2S/c28-18-9-6-17(7-10-18)25-20-11-8-16-3-1-2-4-19(16)24(20)30-27-31(25)26(33)23(34-27)14-15-5-12-22(32)21(29)13-15/h1-7,9-10,12-14,25,32H,8,11H2. The lowest BCUT2D eigenvalue weighted by Gasteiger charge is -2.30. The quantitative estimate of drug-likeness (QED) is 0.348. The van der Waals surface area contributed by atoms with Gasteiger partial charge in [-0.05, 0) is 88.0 Å². The maximum Gasteiger partial charge on any atom is 0.271 e. The lowest BCUT2D eigenvalue weighted by atomic mass is 9.83. The number of phenolic OH excluding ortho intramolecular Hbond substituents is 1. The van der Waals surface area contributed by atoms with E-state index in [2.05, 4.69) is 34.7 Å². The second-order valence-electron chi connectivity index (χ2n) is 8.38. The molecule has 4 nitrogen and oxygen atoms in total. The van der Waals surface area contributed by atoms with E-state index in [0.29, 0.717) is 9.33 Å². The largest absolute Gasteiger partial charge is 0.507 e. The Kier molecular flexibility index (Phi) is 5.26. The van der Waals surface area contributed by atoms with Gasteiger partial charge in [-0.25, -0.2) is 9.38 Å². The highest BCUT2D eigenvalue weighted by Crippen LogP contribution is 2.41. The lowest BCUT2D eigenvalue weighted by molar-refractivity contribution is 0.471. The van der Waals surface area contributed by atoms with E-state index >= 15 is 0 Å². The Labute approximate surface area is 212 Å². The zero-order chi connectivity index (χ0) is 23.4. The number of rotatable bonds is 2. The van der Waals surface area contributed by atoms with Gasteiger partial charge in [-0.1, -0.05) is 53.8 Å². The first-order chi connectivity index (χ1) is 16.5. The Hall–Kier alpha value is -3.04. The van der Waals surface area contributed by atoms with Crippen molar-refractivity contribution < 1.29 is 9.50 Å². The minimum absolute atomic E-state index is 0.119. The molecular formula is C27H18FIN2O2S. The number of halogens is 2. The Balaban J connectivity index is 1.62. The summed E-state index contributed by atoms with van der Waals surface area (Å²) in [5.41, 5.74) is 5.94. The molecule has 0 spiro atoms. The zero-order valence-corrected chi connectivity index (χ0v) is 20.8. The van der Waals surface area contributed by atoms with E-state index in [9.17, 15) is 14.3 Å². The number of benzene rings is 3. The number of hydrogen-bond donors (Lipinski definition) is 1. The van der Waals surface area contributed by atoms with Gasteiger partial charge in [0, 0.05) is 5.56 Å². The van der Waals surface area contributed by atoms with E-state index in [0.717, 1.165) is 44.4 Å². The van der Waals surface area contributed by atoms with Gasteiger partial charge in [0.05, 0.1) is 19.8 Å². The molecule has 0 saturated heterocycles. The molecule has 1 aliphatic heterocycles. The molecular weight excluding hydrogens is 562 g/mol. The summed E-state index contributed by atoms with van der Waals surface area (Å²) in [5.74, 6) is -0.0943. The monoisotopic (exact) mass is 580 g/mol. The van der Waals surface area contributed by atoms with E-state index in [1.54, 1.807) is 28.8 Å². The predicted molar refractivity (Wildman–Crippen MR) is 140 cm³/mol. The number of aryl methyl sites for hydroxylation is 1. The first kappa shape index (κ1) is 21.5. The van der Waals surface area contributed by atoms with Crippen molar-refractivity contribution in [1.29, 1.82) is 0 Å². The molecule has 6 rings (SSSR count). The van der Waals surface area contributed by atoms with Gasteiger partial charge in [-0.15, -0.1) is 0 Å². The van der Waals surface area contributed by atoms with Crippen LogP contribution in [-0.2, 0) is 6.42 Å². The third kappa shape index (κ3) is 3.54. The number of fused-ring (bicyclic) bond motifs is 3. The Morgan fingerprint density at radius 1 is 1.09 bits per heavy atom. The molecule has 34 heavy (non-hydrogen) atoms. The van der Waals surface area contributed by atoms with Crippen LogP contribution < -0.4 is 14.9 Å². The Bertz CT molecular complexity index is 1670. The fourth-order valence-electron chi connectivity index (χ4n) is 4.73. The van der Waals surface area contributed by atoms with Crippen molar-refractivity contribution in [3.8, 4) is 5.75 Å². The zero-order valence-electron chi connectivity index (χ0n) is 17.8. The lowest BCUT2D eigenvalue weighted by Crippen LogP contribution is -2.38. The van der Waals surface area contributed by atoms with Crippen LogP contribution in [0.5, 0.6) is 5.75 Å². The van der Waals surface area contributed by atoms with Gasteiger partial charge in [0.25, 0.3) is 5.56 Å². The van der Waals surface area contributed by atoms with Gasteiger partial charge in [-0.2, -0.15) is 0 Å². The van der Waals surface area contributed by atoms with E-state index in [1.165, 1.54) is 29.0 Å². The summed E-state index contributed by atoms with van der Waals surface area (Å²) in [7, 11) is 0. The fourth-order valence-corrected chi connectivity index (χ4v) is 6.27. The molecule has 0 amide bonds. The molecule has 3 aromatic carbocycles. The third-order valence-electron chi connectivity index (χ3n) is 6.33. The molecule has 7 heteroatoms. The van der Waals surface area contributed by atoms with Gasteiger partial charge >= 0.3 is 0 Å². The molecule has 1 aliphatic carbocycles. The molecule has 0 radical (unpaired) electrons. The van der Waals surface area contributed by atoms with Crippen LogP contribution in [-0.4, -0.2) is 9.67 Å². The number of aromatic hydroxyl groups is 1. The average molecular weight is 580 g/mol. The van der Waals surface area contributed by atoms with Gasteiger partial charge < -0.3 is 5.11 Å². The van der Waals surface area contributed by atoms with E-state index in [4.69, 9.17) is 4.99 Å². The SMILES string of the molecule is O=c1c(=Cc2ccc(O)c(I)c2)sc2n1C(c1ccc(F)cc1)C1=C(N=2)c2ccccc2CC1. The van der Waals surface area contributed by atoms with Gasteiger partial charge in [0.2, 0.25) is 0 Å². The van der Waals surface area contributed by atoms with Crippen molar-refractivity contribution in [2.24, 2.45) is 4.99 Å². The molecule has 0 bridgehead atoms. The highest BCUT2D eigenvalue weighted by atomic mass is 127. The topological polar surface area (TPSA) is 54.6 Å². The fraction of sp³-hybridized carbons (Fsp3) is 0.111. The van der Waals surface area contributed by atoms with Crippen LogP contribution in [0.15, 0.2) is 82.1 Å². The number of phenols is 1. The van der Waals surface area contributed by atoms with Crippen LogP contribution in [0.1, 0.15) is 34.7 Å². The van der Waals surface area contributed by atoms with Crippen molar-refractivity contribution in [2.75, 3.05) is 0 Å².